The SMILES string of the molecule is Cc1ccccc1-c1cc(C=O)ns1. The van der Waals surface area contributed by atoms with E-state index in [-0.39, 0.29) is 0 Å². The number of aryl methyl sites for hydroxylation is 1. The second kappa shape index (κ2) is 3.72. The molecule has 3 heteroatoms. The molecule has 0 saturated carbocycles. The minimum absolute atomic E-state index is 0.508. The fourth-order valence-electron chi connectivity index (χ4n) is 1.32. The molecule has 0 spiro atoms. The Hall–Kier alpha value is -1.48. The molecule has 2 nitrogen and oxygen atoms in total. The molecule has 0 bridgehead atoms. The van der Waals surface area contributed by atoms with Crippen LogP contribution in [0, 0.1) is 6.92 Å². The number of benzene rings is 1. The highest BCUT2D eigenvalue weighted by Gasteiger charge is 2.05. The Kier molecular flexibility index (Phi) is 2.41. The number of rotatable bonds is 2. The molecule has 0 aliphatic carbocycles. The molecule has 2 rings (SSSR count). The van der Waals surface area contributed by atoms with Crippen molar-refractivity contribution in [2.75, 3.05) is 0 Å². The van der Waals surface area contributed by atoms with E-state index in [4.69, 9.17) is 0 Å². The first-order valence-corrected chi connectivity index (χ1v) is 5.06. The maximum absolute atomic E-state index is 10.5. The van der Waals surface area contributed by atoms with Crippen molar-refractivity contribution in [3.8, 4) is 10.4 Å². The van der Waals surface area contributed by atoms with Gasteiger partial charge in [-0.25, -0.2) is 0 Å². The summed E-state index contributed by atoms with van der Waals surface area (Å²) in [5, 5.41) is 0. The summed E-state index contributed by atoms with van der Waals surface area (Å²) in [7, 11) is 0. The molecule has 0 aliphatic heterocycles. The highest BCUT2D eigenvalue weighted by atomic mass is 32.1. The lowest BCUT2D eigenvalue weighted by Gasteiger charge is -1.99. The molecule has 14 heavy (non-hydrogen) atoms. The first kappa shape index (κ1) is 9.09. The molecule has 0 saturated heterocycles. The van der Waals surface area contributed by atoms with Crippen molar-refractivity contribution in [2.24, 2.45) is 0 Å². The number of carbonyl (C=O) groups is 1. The molecule has 0 fully saturated rings. The van der Waals surface area contributed by atoms with Crippen LogP contribution in [0.15, 0.2) is 30.3 Å². The summed E-state index contributed by atoms with van der Waals surface area (Å²) in [6.45, 7) is 2.05. The number of aldehydes is 1. The predicted octanol–water partition coefficient (Wildman–Crippen LogP) is 2.93. The minimum atomic E-state index is 0.508. The van der Waals surface area contributed by atoms with Gasteiger partial charge in [0.15, 0.2) is 6.29 Å². The molecule has 2 aromatic rings. The van der Waals surface area contributed by atoms with E-state index in [1.807, 2.05) is 24.3 Å². The summed E-state index contributed by atoms with van der Waals surface area (Å²) in [6, 6.07) is 9.90. The van der Waals surface area contributed by atoms with Crippen LogP contribution in [0.1, 0.15) is 16.1 Å². The van der Waals surface area contributed by atoms with Gasteiger partial charge in [-0.2, -0.15) is 4.37 Å². The normalized spacial score (nSPS) is 10.1. The highest BCUT2D eigenvalue weighted by Crippen LogP contribution is 2.26. The van der Waals surface area contributed by atoms with Crippen molar-refractivity contribution >= 4 is 17.8 Å². The third kappa shape index (κ3) is 1.59. The molecule has 70 valence electrons. The zero-order valence-electron chi connectivity index (χ0n) is 7.73. The van der Waals surface area contributed by atoms with Gasteiger partial charge in [0, 0.05) is 0 Å². The zero-order valence-corrected chi connectivity index (χ0v) is 8.54. The topological polar surface area (TPSA) is 30.0 Å². The van der Waals surface area contributed by atoms with E-state index in [0.717, 1.165) is 16.7 Å². The van der Waals surface area contributed by atoms with Crippen LogP contribution < -0.4 is 0 Å². The van der Waals surface area contributed by atoms with Gasteiger partial charge >= 0.3 is 0 Å². The van der Waals surface area contributed by atoms with E-state index in [1.54, 1.807) is 0 Å². The molecule has 0 N–H and O–H groups in total. The van der Waals surface area contributed by atoms with E-state index in [9.17, 15) is 4.79 Å². The molecule has 0 atom stereocenters. The Balaban J connectivity index is 2.49. The van der Waals surface area contributed by atoms with Crippen molar-refractivity contribution in [1.29, 1.82) is 0 Å². The summed E-state index contributed by atoms with van der Waals surface area (Å²) in [5.74, 6) is 0. The van der Waals surface area contributed by atoms with Crippen LogP contribution in [-0.4, -0.2) is 10.7 Å². The van der Waals surface area contributed by atoms with Gasteiger partial charge in [-0.3, -0.25) is 4.79 Å². The summed E-state index contributed by atoms with van der Waals surface area (Å²) in [5.41, 5.74) is 2.86. The first-order chi connectivity index (χ1) is 6.81. The van der Waals surface area contributed by atoms with E-state index < -0.39 is 0 Å². The van der Waals surface area contributed by atoms with Crippen molar-refractivity contribution in [2.45, 2.75) is 6.92 Å². The van der Waals surface area contributed by atoms with E-state index in [2.05, 4.69) is 17.4 Å². The number of hydrogen-bond acceptors (Lipinski definition) is 3. The van der Waals surface area contributed by atoms with Crippen molar-refractivity contribution in [3.05, 3.63) is 41.6 Å². The second-order valence-electron chi connectivity index (χ2n) is 3.05. The van der Waals surface area contributed by atoms with Gasteiger partial charge in [0.1, 0.15) is 5.69 Å². The van der Waals surface area contributed by atoms with Crippen molar-refractivity contribution in [3.63, 3.8) is 0 Å². The van der Waals surface area contributed by atoms with Crippen LogP contribution >= 0.6 is 11.5 Å². The van der Waals surface area contributed by atoms with Crippen LogP contribution in [0.2, 0.25) is 0 Å². The molecule has 1 aromatic heterocycles. The number of carbonyl (C=O) groups excluding carboxylic acids is 1. The van der Waals surface area contributed by atoms with Crippen LogP contribution in [0.25, 0.3) is 10.4 Å². The van der Waals surface area contributed by atoms with Gasteiger partial charge in [0.05, 0.1) is 4.88 Å². The predicted molar refractivity (Wildman–Crippen MR) is 57.7 cm³/mol. The van der Waals surface area contributed by atoms with E-state index >= 15 is 0 Å². The van der Waals surface area contributed by atoms with Crippen LogP contribution in [0.5, 0.6) is 0 Å². The van der Waals surface area contributed by atoms with Crippen LogP contribution in [-0.2, 0) is 0 Å². The third-order valence-corrected chi connectivity index (χ3v) is 2.90. The summed E-state index contributed by atoms with van der Waals surface area (Å²) >= 11 is 1.36. The first-order valence-electron chi connectivity index (χ1n) is 4.29. The Bertz CT molecular complexity index is 462. The minimum Gasteiger partial charge on any atom is -0.296 e. The monoisotopic (exact) mass is 203 g/mol. The molecule has 0 unspecified atom stereocenters. The second-order valence-corrected chi connectivity index (χ2v) is 3.85. The van der Waals surface area contributed by atoms with Crippen LogP contribution in [0.3, 0.4) is 0 Å². The molecule has 1 aromatic carbocycles. The highest BCUT2D eigenvalue weighted by molar-refractivity contribution is 7.09. The number of aromatic nitrogens is 1. The molecule has 1 heterocycles. The summed E-state index contributed by atoms with van der Waals surface area (Å²) in [4.78, 5) is 11.5. The fourth-order valence-corrected chi connectivity index (χ4v) is 2.12. The zero-order chi connectivity index (χ0) is 9.97. The molecule has 0 radical (unpaired) electrons. The third-order valence-electron chi connectivity index (χ3n) is 2.06. The van der Waals surface area contributed by atoms with Gasteiger partial charge < -0.3 is 0 Å². The average Bonchev–Trinajstić information content (AvgIpc) is 2.67. The van der Waals surface area contributed by atoms with Crippen molar-refractivity contribution < 1.29 is 4.79 Å². The average molecular weight is 203 g/mol. The van der Waals surface area contributed by atoms with Gasteiger partial charge in [-0.15, -0.1) is 0 Å². The standard InChI is InChI=1S/C11H9NOS/c1-8-4-2-3-5-10(8)11-6-9(7-13)12-14-11/h2-7H,1H3. The van der Waals surface area contributed by atoms with Gasteiger partial charge in [-0.05, 0) is 35.6 Å². The Morgan fingerprint density at radius 1 is 1.36 bits per heavy atom. The lowest BCUT2D eigenvalue weighted by molar-refractivity contribution is 0.112. The Labute approximate surface area is 86.4 Å². The smallest absolute Gasteiger partial charge is 0.169 e. The summed E-state index contributed by atoms with van der Waals surface area (Å²) < 4.78 is 4.03. The molecule has 0 amide bonds. The molecular weight excluding hydrogens is 194 g/mol. The fraction of sp³-hybridized carbons (Fsp3) is 0.0909. The Morgan fingerprint density at radius 2 is 2.14 bits per heavy atom. The van der Waals surface area contributed by atoms with Crippen LogP contribution in [0.4, 0.5) is 0 Å². The number of nitrogens with zero attached hydrogens (tertiary/aromatic N) is 1. The maximum atomic E-state index is 10.5. The molecule has 0 aliphatic rings. The molecular formula is C11H9NOS. The van der Waals surface area contributed by atoms with Gasteiger partial charge in [-0.1, -0.05) is 24.3 Å². The van der Waals surface area contributed by atoms with Gasteiger partial charge in [0.2, 0.25) is 0 Å². The number of hydrogen-bond donors (Lipinski definition) is 0. The van der Waals surface area contributed by atoms with E-state index in [0.29, 0.717) is 5.69 Å². The summed E-state index contributed by atoms with van der Waals surface area (Å²) in [6.07, 6.45) is 0.776. The lowest BCUT2D eigenvalue weighted by atomic mass is 10.1. The van der Waals surface area contributed by atoms with Gasteiger partial charge in [0.25, 0.3) is 0 Å². The maximum Gasteiger partial charge on any atom is 0.169 e. The van der Waals surface area contributed by atoms with Crippen molar-refractivity contribution in [1.82, 2.24) is 4.37 Å². The lowest BCUT2D eigenvalue weighted by Crippen LogP contribution is -1.78. The Morgan fingerprint density at radius 3 is 2.79 bits per heavy atom. The largest absolute Gasteiger partial charge is 0.296 e. The quantitative estimate of drug-likeness (QED) is 0.702. The van der Waals surface area contributed by atoms with E-state index in [1.165, 1.54) is 17.1 Å².